The first kappa shape index (κ1) is 18.2. The highest BCUT2D eigenvalue weighted by molar-refractivity contribution is 5.81. The second-order valence-corrected chi connectivity index (χ2v) is 7.90. The first-order valence-electron chi connectivity index (χ1n) is 10.3. The third-order valence-electron chi connectivity index (χ3n) is 5.93. The SMILES string of the molecule is C[C@H](C(=O)N1CCn2nc(Cc3ccccc3)cc2C1)N1CCCCCC1. The fraction of sp³-hybridized carbons (Fsp3) is 0.545. The molecule has 0 N–H and O–H groups in total. The summed E-state index contributed by atoms with van der Waals surface area (Å²) in [6.07, 6.45) is 5.87. The molecule has 0 saturated carbocycles. The number of likely N-dealkylation sites (tertiary alicyclic amines) is 1. The predicted molar refractivity (Wildman–Crippen MR) is 106 cm³/mol. The van der Waals surface area contributed by atoms with Gasteiger partial charge in [-0.1, -0.05) is 43.2 Å². The Morgan fingerprint density at radius 3 is 2.52 bits per heavy atom. The molecule has 1 saturated heterocycles. The van der Waals surface area contributed by atoms with Gasteiger partial charge >= 0.3 is 0 Å². The Morgan fingerprint density at radius 1 is 1.04 bits per heavy atom. The van der Waals surface area contributed by atoms with Crippen molar-refractivity contribution >= 4 is 5.91 Å². The van der Waals surface area contributed by atoms with Crippen LogP contribution in [-0.2, 0) is 24.3 Å². The summed E-state index contributed by atoms with van der Waals surface area (Å²) in [5.74, 6) is 0.272. The van der Waals surface area contributed by atoms with Crippen LogP contribution in [0.5, 0.6) is 0 Å². The number of hydrogen-bond donors (Lipinski definition) is 0. The van der Waals surface area contributed by atoms with Crippen molar-refractivity contribution in [3.05, 3.63) is 53.3 Å². The summed E-state index contributed by atoms with van der Waals surface area (Å²) in [5.41, 5.74) is 3.52. The molecule has 0 aliphatic carbocycles. The standard InChI is InChI=1S/C22H30N4O/c1-18(24-11-7-2-3-8-12-24)22(27)25-13-14-26-21(17-25)16-20(23-26)15-19-9-5-4-6-10-19/h4-6,9-10,16,18H,2-3,7-8,11-15,17H2,1H3/t18-/m1/s1. The number of aromatic nitrogens is 2. The Kier molecular flexibility index (Phi) is 5.58. The second-order valence-electron chi connectivity index (χ2n) is 7.90. The van der Waals surface area contributed by atoms with E-state index in [1.165, 1.54) is 31.2 Å². The Labute approximate surface area is 162 Å². The Hall–Kier alpha value is -2.14. The number of amides is 1. The van der Waals surface area contributed by atoms with Crippen LogP contribution in [0.15, 0.2) is 36.4 Å². The van der Waals surface area contributed by atoms with E-state index in [1.54, 1.807) is 0 Å². The summed E-state index contributed by atoms with van der Waals surface area (Å²) >= 11 is 0. The highest BCUT2D eigenvalue weighted by atomic mass is 16.2. The fourth-order valence-corrected chi connectivity index (χ4v) is 4.31. The van der Waals surface area contributed by atoms with Crippen molar-refractivity contribution < 1.29 is 4.79 Å². The monoisotopic (exact) mass is 366 g/mol. The van der Waals surface area contributed by atoms with Gasteiger partial charge in [0.1, 0.15) is 0 Å². The number of hydrogen-bond acceptors (Lipinski definition) is 3. The smallest absolute Gasteiger partial charge is 0.240 e. The van der Waals surface area contributed by atoms with Gasteiger partial charge in [0.15, 0.2) is 0 Å². The lowest BCUT2D eigenvalue weighted by Gasteiger charge is -2.34. The van der Waals surface area contributed by atoms with Gasteiger partial charge in [0, 0.05) is 13.0 Å². The topological polar surface area (TPSA) is 41.4 Å². The van der Waals surface area contributed by atoms with Gasteiger partial charge in [-0.25, -0.2) is 0 Å². The zero-order chi connectivity index (χ0) is 18.6. The molecule has 0 unspecified atom stereocenters. The molecule has 2 aliphatic heterocycles. The van der Waals surface area contributed by atoms with Gasteiger partial charge < -0.3 is 4.90 Å². The molecular formula is C22H30N4O. The number of carbonyl (C=O) groups excluding carboxylic acids is 1. The molecule has 1 aromatic heterocycles. The van der Waals surface area contributed by atoms with Crippen LogP contribution >= 0.6 is 0 Å². The van der Waals surface area contributed by atoms with E-state index >= 15 is 0 Å². The molecule has 4 rings (SSSR count). The van der Waals surface area contributed by atoms with Gasteiger partial charge in [-0.05, 0) is 44.5 Å². The molecule has 5 nitrogen and oxygen atoms in total. The number of fused-ring (bicyclic) bond motifs is 1. The molecule has 0 spiro atoms. The second kappa shape index (κ2) is 8.26. The van der Waals surface area contributed by atoms with Crippen LogP contribution in [-0.4, -0.2) is 51.2 Å². The van der Waals surface area contributed by atoms with Crippen molar-refractivity contribution in [2.75, 3.05) is 19.6 Å². The summed E-state index contributed by atoms with van der Waals surface area (Å²) in [7, 11) is 0. The first-order valence-corrected chi connectivity index (χ1v) is 10.3. The zero-order valence-corrected chi connectivity index (χ0v) is 16.3. The Balaban J connectivity index is 1.41. The van der Waals surface area contributed by atoms with Gasteiger partial charge in [0.2, 0.25) is 5.91 Å². The van der Waals surface area contributed by atoms with Crippen molar-refractivity contribution in [3.63, 3.8) is 0 Å². The summed E-state index contributed by atoms with van der Waals surface area (Å²) in [5, 5.41) is 4.76. The van der Waals surface area contributed by atoms with Crippen molar-refractivity contribution in [2.45, 2.75) is 58.2 Å². The number of rotatable bonds is 4. The van der Waals surface area contributed by atoms with E-state index in [-0.39, 0.29) is 11.9 Å². The maximum absolute atomic E-state index is 13.1. The molecule has 5 heteroatoms. The molecular weight excluding hydrogens is 336 g/mol. The molecule has 0 radical (unpaired) electrons. The molecule has 0 bridgehead atoms. The molecule has 27 heavy (non-hydrogen) atoms. The quantitative estimate of drug-likeness (QED) is 0.835. The molecule has 3 heterocycles. The van der Waals surface area contributed by atoms with Gasteiger partial charge in [0.25, 0.3) is 0 Å². The van der Waals surface area contributed by atoms with Gasteiger partial charge in [-0.3, -0.25) is 14.4 Å². The van der Waals surface area contributed by atoms with E-state index < -0.39 is 0 Å². The average molecular weight is 367 g/mol. The lowest BCUT2D eigenvalue weighted by molar-refractivity contribution is -0.138. The molecule has 1 aromatic carbocycles. The molecule has 144 valence electrons. The molecule has 1 amide bonds. The summed E-state index contributed by atoms with van der Waals surface area (Å²) in [6, 6.07) is 12.6. The molecule has 2 aromatic rings. The first-order chi connectivity index (χ1) is 13.2. The summed E-state index contributed by atoms with van der Waals surface area (Å²) in [4.78, 5) is 17.5. The van der Waals surface area contributed by atoms with Crippen LogP contribution in [0.4, 0.5) is 0 Å². The van der Waals surface area contributed by atoms with Gasteiger partial charge in [-0.2, -0.15) is 5.10 Å². The minimum atomic E-state index is -0.0126. The van der Waals surface area contributed by atoms with Gasteiger partial charge in [0.05, 0.1) is 30.5 Å². The van der Waals surface area contributed by atoms with E-state index in [9.17, 15) is 4.79 Å². The largest absolute Gasteiger partial charge is 0.334 e. The minimum Gasteiger partial charge on any atom is -0.334 e. The average Bonchev–Trinajstić information content (AvgIpc) is 2.90. The summed E-state index contributed by atoms with van der Waals surface area (Å²) < 4.78 is 2.08. The third-order valence-corrected chi connectivity index (χ3v) is 5.93. The van der Waals surface area contributed by atoms with E-state index in [0.717, 1.165) is 44.0 Å². The van der Waals surface area contributed by atoms with Gasteiger partial charge in [-0.15, -0.1) is 0 Å². The van der Waals surface area contributed by atoms with Crippen LogP contribution in [0, 0.1) is 0 Å². The van der Waals surface area contributed by atoms with E-state index in [4.69, 9.17) is 5.10 Å². The van der Waals surface area contributed by atoms with Crippen molar-refractivity contribution in [2.24, 2.45) is 0 Å². The number of nitrogens with zero attached hydrogens (tertiary/aromatic N) is 4. The molecule has 1 atom stereocenters. The normalized spacial score (nSPS) is 19.4. The van der Waals surface area contributed by atoms with Crippen molar-refractivity contribution in [1.82, 2.24) is 19.6 Å². The van der Waals surface area contributed by atoms with Crippen LogP contribution in [0.1, 0.15) is 49.6 Å². The lowest BCUT2D eigenvalue weighted by Crippen LogP contribution is -2.49. The van der Waals surface area contributed by atoms with E-state index in [0.29, 0.717) is 6.54 Å². The Bertz CT molecular complexity index is 762. The minimum absolute atomic E-state index is 0.0126. The summed E-state index contributed by atoms with van der Waals surface area (Å²) in [6.45, 7) is 6.43. The Morgan fingerprint density at radius 2 is 1.78 bits per heavy atom. The highest BCUT2D eigenvalue weighted by Gasteiger charge is 2.29. The lowest BCUT2D eigenvalue weighted by atomic mass is 10.1. The van der Waals surface area contributed by atoms with Crippen LogP contribution in [0.3, 0.4) is 0 Å². The van der Waals surface area contributed by atoms with Crippen LogP contribution in [0.2, 0.25) is 0 Å². The maximum Gasteiger partial charge on any atom is 0.240 e. The number of benzene rings is 1. The predicted octanol–water partition coefficient (Wildman–Crippen LogP) is 3.08. The van der Waals surface area contributed by atoms with Crippen molar-refractivity contribution in [1.29, 1.82) is 0 Å². The molecule has 2 aliphatic rings. The maximum atomic E-state index is 13.1. The number of carbonyl (C=O) groups is 1. The van der Waals surface area contributed by atoms with Crippen LogP contribution < -0.4 is 0 Å². The van der Waals surface area contributed by atoms with E-state index in [2.05, 4.69) is 46.8 Å². The molecule has 1 fully saturated rings. The van der Waals surface area contributed by atoms with E-state index in [1.807, 2.05) is 11.0 Å². The zero-order valence-electron chi connectivity index (χ0n) is 16.3. The van der Waals surface area contributed by atoms with Crippen LogP contribution in [0.25, 0.3) is 0 Å². The third kappa shape index (κ3) is 4.24. The van der Waals surface area contributed by atoms with Crippen molar-refractivity contribution in [3.8, 4) is 0 Å². The highest BCUT2D eigenvalue weighted by Crippen LogP contribution is 2.19. The fourth-order valence-electron chi connectivity index (χ4n) is 4.31.